The largest absolute Gasteiger partial charge is 0.494 e. The summed E-state index contributed by atoms with van der Waals surface area (Å²) in [4.78, 5) is 11.9. The molecule has 0 aliphatic carbocycles. The summed E-state index contributed by atoms with van der Waals surface area (Å²) in [5.41, 5.74) is 0.903. The van der Waals surface area contributed by atoms with E-state index in [4.69, 9.17) is 14.2 Å². The first kappa shape index (κ1) is 18.6. The minimum atomic E-state index is -0.423. The Morgan fingerprint density at radius 2 is 1.48 bits per heavy atom. The van der Waals surface area contributed by atoms with Crippen LogP contribution < -0.4 is 14.2 Å². The Morgan fingerprint density at radius 1 is 0.880 bits per heavy atom. The van der Waals surface area contributed by atoms with E-state index in [1.54, 1.807) is 30.3 Å². The zero-order chi connectivity index (χ0) is 17.9. The van der Waals surface area contributed by atoms with E-state index in [-0.39, 0.29) is 0 Å². The zero-order valence-corrected chi connectivity index (χ0v) is 14.7. The normalized spacial score (nSPS) is 10.6. The average Bonchev–Trinajstić information content (AvgIpc) is 2.63. The van der Waals surface area contributed by atoms with Crippen LogP contribution >= 0.6 is 0 Å². The molecule has 0 N–H and O–H groups in total. The minimum Gasteiger partial charge on any atom is -0.494 e. The number of hydrogen-bond donors (Lipinski definition) is 0. The van der Waals surface area contributed by atoms with E-state index in [1.165, 1.54) is 6.08 Å². The van der Waals surface area contributed by atoms with Crippen LogP contribution in [0.3, 0.4) is 0 Å². The molecule has 4 heteroatoms. The molecule has 2 rings (SSSR count). The number of ether oxygens (including phenoxy) is 3. The van der Waals surface area contributed by atoms with Crippen molar-refractivity contribution < 1.29 is 19.0 Å². The van der Waals surface area contributed by atoms with E-state index in [1.807, 2.05) is 31.2 Å². The van der Waals surface area contributed by atoms with Crippen molar-refractivity contribution in [3.05, 3.63) is 60.2 Å². The molecule has 0 spiro atoms. The number of hydrogen-bond acceptors (Lipinski definition) is 4. The Bertz CT molecular complexity index is 672. The van der Waals surface area contributed by atoms with Crippen molar-refractivity contribution in [3.8, 4) is 17.2 Å². The maximum absolute atomic E-state index is 11.9. The van der Waals surface area contributed by atoms with Crippen LogP contribution in [0.4, 0.5) is 0 Å². The summed E-state index contributed by atoms with van der Waals surface area (Å²) >= 11 is 0. The molecular weight excluding hydrogens is 316 g/mol. The highest BCUT2D eigenvalue weighted by Crippen LogP contribution is 2.18. The van der Waals surface area contributed by atoms with Gasteiger partial charge in [0.2, 0.25) is 0 Å². The summed E-state index contributed by atoms with van der Waals surface area (Å²) in [5, 5.41) is 0. The first-order valence-corrected chi connectivity index (χ1v) is 8.57. The quantitative estimate of drug-likeness (QED) is 0.282. The average molecular weight is 340 g/mol. The SMILES string of the molecule is CCCCOc1ccc(OC(=O)C=Cc2ccc(OCC)cc2)cc1. The van der Waals surface area contributed by atoms with Gasteiger partial charge in [-0.15, -0.1) is 0 Å². The van der Waals surface area contributed by atoms with E-state index in [9.17, 15) is 4.79 Å². The standard InChI is InChI=1S/C21H24O4/c1-3-5-16-24-19-11-13-20(14-12-19)25-21(22)15-8-17-6-9-18(10-7-17)23-4-2/h6-15H,3-5,16H2,1-2H3. The van der Waals surface area contributed by atoms with Gasteiger partial charge in [-0.2, -0.15) is 0 Å². The molecule has 0 bridgehead atoms. The molecule has 4 nitrogen and oxygen atoms in total. The highest BCUT2D eigenvalue weighted by Gasteiger charge is 2.02. The summed E-state index contributed by atoms with van der Waals surface area (Å²) in [6.45, 7) is 5.38. The van der Waals surface area contributed by atoms with Crippen molar-refractivity contribution in [3.63, 3.8) is 0 Å². The topological polar surface area (TPSA) is 44.8 Å². The molecule has 0 aliphatic heterocycles. The van der Waals surface area contributed by atoms with Gasteiger partial charge in [0.15, 0.2) is 0 Å². The van der Waals surface area contributed by atoms with Crippen LogP contribution in [0.5, 0.6) is 17.2 Å². The number of unbranched alkanes of at least 4 members (excludes halogenated alkanes) is 1. The van der Waals surface area contributed by atoms with Crippen molar-refractivity contribution in [2.45, 2.75) is 26.7 Å². The predicted molar refractivity (Wildman–Crippen MR) is 99.1 cm³/mol. The highest BCUT2D eigenvalue weighted by molar-refractivity contribution is 5.88. The molecular formula is C21H24O4. The predicted octanol–water partition coefficient (Wildman–Crippen LogP) is 4.88. The fraction of sp³-hybridized carbons (Fsp3) is 0.286. The van der Waals surface area contributed by atoms with Crippen molar-refractivity contribution in [2.75, 3.05) is 13.2 Å². The monoisotopic (exact) mass is 340 g/mol. The maximum atomic E-state index is 11.9. The molecule has 0 atom stereocenters. The van der Waals surface area contributed by atoms with Gasteiger partial charge < -0.3 is 14.2 Å². The molecule has 0 saturated heterocycles. The smallest absolute Gasteiger partial charge is 0.336 e. The Balaban J connectivity index is 1.84. The molecule has 25 heavy (non-hydrogen) atoms. The van der Waals surface area contributed by atoms with Crippen LogP contribution in [-0.2, 0) is 4.79 Å². The van der Waals surface area contributed by atoms with Gasteiger partial charge in [0.25, 0.3) is 0 Å². The summed E-state index contributed by atoms with van der Waals surface area (Å²) in [7, 11) is 0. The van der Waals surface area contributed by atoms with Crippen LogP contribution in [0.15, 0.2) is 54.6 Å². The summed E-state index contributed by atoms with van der Waals surface area (Å²) in [5.74, 6) is 1.65. The minimum absolute atomic E-state index is 0.423. The first-order valence-electron chi connectivity index (χ1n) is 8.57. The van der Waals surface area contributed by atoms with Crippen molar-refractivity contribution in [1.82, 2.24) is 0 Å². The molecule has 0 radical (unpaired) electrons. The van der Waals surface area contributed by atoms with Crippen molar-refractivity contribution in [2.24, 2.45) is 0 Å². The van der Waals surface area contributed by atoms with Crippen LogP contribution in [0.2, 0.25) is 0 Å². The van der Waals surface area contributed by atoms with Crippen LogP contribution in [-0.4, -0.2) is 19.2 Å². The number of benzene rings is 2. The van der Waals surface area contributed by atoms with Gasteiger partial charge in [0.1, 0.15) is 17.2 Å². The van der Waals surface area contributed by atoms with E-state index >= 15 is 0 Å². The maximum Gasteiger partial charge on any atom is 0.336 e. The summed E-state index contributed by atoms with van der Waals surface area (Å²) in [6.07, 6.45) is 5.23. The second-order valence-corrected chi connectivity index (χ2v) is 5.43. The molecule has 0 amide bonds. The van der Waals surface area contributed by atoms with Gasteiger partial charge in [-0.3, -0.25) is 0 Å². The highest BCUT2D eigenvalue weighted by atomic mass is 16.5. The third-order valence-electron chi connectivity index (χ3n) is 3.41. The fourth-order valence-corrected chi connectivity index (χ4v) is 2.09. The zero-order valence-electron chi connectivity index (χ0n) is 14.7. The lowest BCUT2D eigenvalue weighted by atomic mass is 10.2. The van der Waals surface area contributed by atoms with Crippen LogP contribution in [0, 0.1) is 0 Å². The van der Waals surface area contributed by atoms with Crippen LogP contribution in [0.25, 0.3) is 6.08 Å². The lowest BCUT2D eigenvalue weighted by molar-refractivity contribution is -0.128. The number of carbonyl (C=O) groups is 1. The van der Waals surface area contributed by atoms with Gasteiger partial charge in [-0.1, -0.05) is 25.5 Å². The molecule has 0 fully saturated rings. The van der Waals surface area contributed by atoms with Gasteiger partial charge in [-0.05, 0) is 61.4 Å². The first-order chi connectivity index (χ1) is 12.2. The fourth-order valence-electron chi connectivity index (χ4n) is 2.09. The number of rotatable bonds is 9. The van der Waals surface area contributed by atoms with E-state index in [0.29, 0.717) is 19.0 Å². The molecule has 0 aliphatic rings. The van der Waals surface area contributed by atoms with Gasteiger partial charge in [0, 0.05) is 6.08 Å². The third-order valence-corrected chi connectivity index (χ3v) is 3.41. The number of esters is 1. The van der Waals surface area contributed by atoms with Gasteiger partial charge >= 0.3 is 5.97 Å². The van der Waals surface area contributed by atoms with Crippen molar-refractivity contribution >= 4 is 12.0 Å². The molecule has 0 heterocycles. The Morgan fingerprint density at radius 3 is 2.12 bits per heavy atom. The molecule has 2 aromatic rings. The molecule has 0 saturated carbocycles. The van der Waals surface area contributed by atoms with Gasteiger partial charge in [-0.25, -0.2) is 4.79 Å². The van der Waals surface area contributed by atoms with E-state index < -0.39 is 5.97 Å². The lowest BCUT2D eigenvalue weighted by Crippen LogP contribution is -2.03. The second kappa shape index (κ2) is 10.2. The molecule has 0 aromatic heterocycles. The molecule has 2 aromatic carbocycles. The summed E-state index contributed by atoms with van der Waals surface area (Å²) in [6, 6.07) is 14.6. The molecule has 0 unspecified atom stereocenters. The number of carbonyl (C=O) groups excluding carboxylic acids is 1. The molecule has 132 valence electrons. The lowest BCUT2D eigenvalue weighted by Gasteiger charge is -2.06. The van der Waals surface area contributed by atoms with Crippen molar-refractivity contribution in [1.29, 1.82) is 0 Å². The Labute approximate surface area is 149 Å². The second-order valence-electron chi connectivity index (χ2n) is 5.43. The third kappa shape index (κ3) is 6.71. The Kier molecular flexibility index (Phi) is 7.57. The van der Waals surface area contributed by atoms with E-state index in [0.717, 1.165) is 29.9 Å². The Hall–Kier alpha value is -2.75. The van der Waals surface area contributed by atoms with Gasteiger partial charge in [0.05, 0.1) is 13.2 Å². The summed E-state index contributed by atoms with van der Waals surface area (Å²) < 4.78 is 16.2. The van der Waals surface area contributed by atoms with Crippen LogP contribution in [0.1, 0.15) is 32.3 Å². The van der Waals surface area contributed by atoms with E-state index in [2.05, 4.69) is 6.92 Å².